The molecule has 1 aliphatic heterocycles. The molecule has 1 aliphatic rings. The van der Waals surface area contributed by atoms with Crippen molar-refractivity contribution in [2.24, 2.45) is 10.2 Å². The van der Waals surface area contributed by atoms with E-state index in [9.17, 15) is 18.0 Å². The van der Waals surface area contributed by atoms with Crippen LogP contribution in [0.3, 0.4) is 0 Å². The predicted molar refractivity (Wildman–Crippen MR) is 108 cm³/mol. The van der Waals surface area contributed by atoms with E-state index < -0.39 is 10.0 Å². The van der Waals surface area contributed by atoms with Crippen molar-refractivity contribution in [1.29, 1.82) is 0 Å². The lowest BCUT2D eigenvalue weighted by Crippen LogP contribution is -2.39. The van der Waals surface area contributed by atoms with E-state index in [1.165, 1.54) is 17.1 Å². The van der Waals surface area contributed by atoms with Gasteiger partial charge in [0.15, 0.2) is 0 Å². The number of nitrogens with two attached hydrogens (primary N) is 1. The van der Waals surface area contributed by atoms with Crippen LogP contribution in [0, 0.1) is 0 Å². The predicted octanol–water partition coefficient (Wildman–Crippen LogP) is 1.17. The molecule has 0 fully saturated rings. The van der Waals surface area contributed by atoms with E-state index in [4.69, 9.17) is 5.14 Å². The lowest BCUT2D eigenvalue weighted by molar-refractivity contribution is -0.132. The topological polar surface area (TPSA) is 122 Å². The molecule has 8 nitrogen and oxygen atoms in total. The molecular formula is C20H22N4O4S. The van der Waals surface area contributed by atoms with Gasteiger partial charge in [0.25, 0.3) is 5.91 Å². The van der Waals surface area contributed by atoms with E-state index in [1.807, 2.05) is 30.3 Å². The number of rotatable bonds is 7. The van der Waals surface area contributed by atoms with Gasteiger partial charge in [-0.25, -0.2) is 18.6 Å². The maximum absolute atomic E-state index is 12.4. The largest absolute Gasteiger partial charge is 0.351 e. The molecule has 2 amide bonds. The highest BCUT2D eigenvalue weighted by Gasteiger charge is 2.24. The molecule has 0 saturated heterocycles. The lowest BCUT2D eigenvalue weighted by atomic mass is 10.1. The van der Waals surface area contributed by atoms with Crippen molar-refractivity contribution in [3.63, 3.8) is 0 Å². The Morgan fingerprint density at radius 2 is 1.72 bits per heavy atom. The molecule has 0 saturated carbocycles. The van der Waals surface area contributed by atoms with Crippen LogP contribution in [0.1, 0.15) is 24.0 Å². The van der Waals surface area contributed by atoms with Gasteiger partial charge in [-0.2, -0.15) is 5.10 Å². The van der Waals surface area contributed by atoms with Gasteiger partial charge in [-0.15, -0.1) is 0 Å². The molecule has 2 aromatic rings. The zero-order valence-corrected chi connectivity index (χ0v) is 16.6. The summed E-state index contributed by atoms with van der Waals surface area (Å²) in [7, 11) is -3.72. The summed E-state index contributed by atoms with van der Waals surface area (Å²) in [5, 5.41) is 13.4. The summed E-state index contributed by atoms with van der Waals surface area (Å²) < 4.78 is 22.5. The monoisotopic (exact) mass is 414 g/mol. The summed E-state index contributed by atoms with van der Waals surface area (Å²) >= 11 is 0. The number of hydrogen-bond acceptors (Lipinski definition) is 5. The second kappa shape index (κ2) is 8.97. The van der Waals surface area contributed by atoms with Crippen molar-refractivity contribution in [2.45, 2.75) is 30.7 Å². The molecule has 3 rings (SSSR count). The summed E-state index contributed by atoms with van der Waals surface area (Å²) in [6.07, 6.45) is 1.07. The standard InChI is InChI=1S/C20H22N4O4S/c21-29(27,28)17-8-6-15(7-9-17)12-13-22-20(26)18-10-11-19(25)24(23-18)14-16-4-2-1-3-5-16/h1-9H,10-14H2,(H,22,26)(H2,21,27,28). The Labute approximate surface area is 169 Å². The first-order valence-electron chi connectivity index (χ1n) is 9.14. The third-order valence-electron chi connectivity index (χ3n) is 4.49. The Morgan fingerprint density at radius 3 is 2.38 bits per heavy atom. The van der Waals surface area contributed by atoms with Gasteiger partial charge in [0, 0.05) is 19.4 Å². The van der Waals surface area contributed by atoms with Gasteiger partial charge in [-0.3, -0.25) is 9.59 Å². The quantitative estimate of drug-likeness (QED) is 0.706. The zero-order chi connectivity index (χ0) is 20.9. The molecule has 3 N–H and O–H groups in total. The molecule has 1 heterocycles. The Balaban J connectivity index is 1.55. The minimum atomic E-state index is -3.72. The van der Waals surface area contributed by atoms with Crippen LogP contribution in [0.25, 0.3) is 0 Å². The van der Waals surface area contributed by atoms with Crippen molar-refractivity contribution in [3.05, 3.63) is 65.7 Å². The molecule has 29 heavy (non-hydrogen) atoms. The van der Waals surface area contributed by atoms with Crippen molar-refractivity contribution >= 4 is 27.5 Å². The summed E-state index contributed by atoms with van der Waals surface area (Å²) in [6, 6.07) is 15.7. The summed E-state index contributed by atoms with van der Waals surface area (Å²) in [4.78, 5) is 24.5. The average Bonchev–Trinajstić information content (AvgIpc) is 2.70. The number of sulfonamides is 1. The number of nitrogens with zero attached hydrogens (tertiary/aromatic N) is 2. The Morgan fingerprint density at radius 1 is 1.03 bits per heavy atom. The number of hydrazone groups is 1. The maximum Gasteiger partial charge on any atom is 0.267 e. The highest BCUT2D eigenvalue weighted by molar-refractivity contribution is 7.89. The molecule has 0 spiro atoms. The second-order valence-corrected chi connectivity index (χ2v) is 8.24. The van der Waals surface area contributed by atoms with Crippen LogP contribution < -0.4 is 10.5 Å². The molecule has 0 atom stereocenters. The van der Waals surface area contributed by atoms with Gasteiger partial charge in [0.05, 0.1) is 11.4 Å². The third kappa shape index (κ3) is 5.72. The van der Waals surface area contributed by atoms with Crippen LogP contribution in [0.2, 0.25) is 0 Å². The number of benzene rings is 2. The van der Waals surface area contributed by atoms with Crippen molar-refractivity contribution in [1.82, 2.24) is 10.3 Å². The second-order valence-electron chi connectivity index (χ2n) is 6.68. The fourth-order valence-corrected chi connectivity index (χ4v) is 3.43. The van der Waals surface area contributed by atoms with Gasteiger partial charge >= 0.3 is 0 Å². The summed E-state index contributed by atoms with van der Waals surface area (Å²) in [5.41, 5.74) is 2.13. The highest BCUT2D eigenvalue weighted by atomic mass is 32.2. The van der Waals surface area contributed by atoms with E-state index in [0.717, 1.165) is 11.1 Å². The first kappa shape index (κ1) is 20.7. The summed E-state index contributed by atoms with van der Waals surface area (Å²) in [5.74, 6) is -0.419. The summed E-state index contributed by atoms with van der Waals surface area (Å²) in [6.45, 7) is 0.687. The zero-order valence-electron chi connectivity index (χ0n) is 15.7. The molecule has 2 aromatic carbocycles. The molecule has 0 unspecified atom stereocenters. The smallest absolute Gasteiger partial charge is 0.267 e. The normalized spacial score (nSPS) is 14.4. The van der Waals surface area contributed by atoms with Crippen LogP contribution in [0.15, 0.2) is 64.6 Å². The first-order chi connectivity index (χ1) is 13.8. The minimum absolute atomic E-state index is 0.0463. The highest BCUT2D eigenvalue weighted by Crippen LogP contribution is 2.14. The van der Waals surface area contributed by atoms with Crippen LogP contribution in [-0.4, -0.2) is 37.5 Å². The van der Waals surface area contributed by atoms with Gasteiger partial charge in [-0.1, -0.05) is 42.5 Å². The van der Waals surface area contributed by atoms with Gasteiger partial charge in [-0.05, 0) is 29.7 Å². The van der Waals surface area contributed by atoms with Gasteiger partial charge in [0.1, 0.15) is 5.71 Å². The molecule has 0 aliphatic carbocycles. The molecule has 152 valence electrons. The van der Waals surface area contributed by atoms with E-state index >= 15 is 0 Å². The van der Waals surface area contributed by atoms with E-state index in [1.54, 1.807) is 12.1 Å². The molecular weight excluding hydrogens is 392 g/mol. The van der Waals surface area contributed by atoms with Crippen molar-refractivity contribution in [2.75, 3.05) is 6.54 Å². The van der Waals surface area contributed by atoms with Crippen molar-refractivity contribution in [3.8, 4) is 0 Å². The third-order valence-corrected chi connectivity index (χ3v) is 5.42. The van der Waals surface area contributed by atoms with Crippen LogP contribution in [-0.2, 0) is 32.6 Å². The Kier molecular flexibility index (Phi) is 6.40. The molecule has 9 heteroatoms. The Hall–Kier alpha value is -3.04. The maximum atomic E-state index is 12.4. The SMILES string of the molecule is NS(=O)(=O)c1ccc(CCNC(=O)C2=NN(Cc3ccccc3)C(=O)CC2)cc1. The van der Waals surface area contributed by atoms with Crippen molar-refractivity contribution < 1.29 is 18.0 Å². The minimum Gasteiger partial charge on any atom is -0.351 e. The lowest BCUT2D eigenvalue weighted by Gasteiger charge is -2.23. The number of carbonyl (C=O) groups is 2. The fraction of sp³-hybridized carbons (Fsp3) is 0.250. The average molecular weight is 414 g/mol. The van der Waals surface area contributed by atoms with Gasteiger partial charge < -0.3 is 5.32 Å². The molecule has 0 aromatic heterocycles. The van der Waals surface area contributed by atoms with Gasteiger partial charge in [0.2, 0.25) is 15.9 Å². The fourth-order valence-electron chi connectivity index (χ4n) is 2.91. The number of hydrogen-bond donors (Lipinski definition) is 2. The number of amides is 2. The molecule has 0 bridgehead atoms. The van der Waals surface area contributed by atoms with E-state index in [0.29, 0.717) is 31.6 Å². The van der Waals surface area contributed by atoms with Crippen LogP contribution in [0.4, 0.5) is 0 Å². The number of nitrogens with one attached hydrogen (secondary N) is 1. The Bertz CT molecular complexity index is 1020. The number of carbonyl (C=O) groups excluding carboxylic acids is 2. The first-order valence-corrected chi connectivity index (χ1v) is 10.7. The number of primary sulfonamides is 1. The van der Waals surface area contributed by atoms with E-state index in [2.05, 4.69) is 10.4 Å². The van der Waals surface area contributed by atoms with E-state index in [-0.39, 0.29) is 23.1 Å². The van der Waals surface area contributed by atoms with Crippen LogP contribution >= 0.6 is 0 Å². The molecule has 0 radical (unpaired) electrons. The van der Waals surface area contributed by atoms with Crippen LogP contribution in [0.5, 0.6) is 0 Å².